The Hall–Kier alpha value is -3.32. The summed E-state index contributed by atoms with van der Waals surface area (Å²) in [7, 11) is 0. The maximum absolute atomic E-state index is 13.9. The summed E-state index contributed by atoms with van der Waals surface area (Å²) in [5.74, 6) is 0.931. The molecule has 1 N–H and O–H groups in total. The normalized spacial score (nSPS) is 16.0. The van der Waals surface area contributed by atoms with Gasteiger partial charge in [-0.05, 0) is 48.9 Å². The summed E-state index contributed by atoms with van der Waals surface area (Å²) in [5.41, 5.74) is 2.49. The average Bonchev–Trinajstić information content (AvgIpc) is 3.57. The Morgan fingerprint density at radius 1 is 1.03 bits per heavy atom. The van der Waals surface area contributed by atoms with Gasteiger partial charge in [0, 0.05) is 22.7 Å². The van der Waals surface area contributed by atoms with Crippen molar-refractivity contribution in [3.63, 3.8) is 0 Å². The lowest BCUT2D eigenvalue weighted by Crippen LogP contribution is -2.46. The van der Waals surface area contributed by atoms with E-state index in [1.165, 1.54) is 11.3 Å². The van der Waals surface area contributed by atoms with Crippen LogP contribution in [0.15, 0.2) is 60.0 Å². The van der Waals surface area contributed by atoms with Gasteiger partial charge < -0.3 is 14.8 Å². The Kier molecular flexibility index (Phi) is 7.04. The fraction of sp³-hybridized carbons (Fsp3) is 0.357. The van der Waals surface area contributed by atoms with E-state index in [0.29, 0.717) is 30.4 Å². The van der Waals surface area contributed by atoms with E-state index < -0.39 is 6.04 Å². The highest BCUT2D eigenvalue weighted by Gasteiger charge is 2.35. The number of amides is 2. The van der Waals surface area contributed by atoms with Crippen molar-refractivity contribution >= 4 is 28.8 Å². The van der Waals surface area contributed by atoms with E-state index >= 15 is 0 Å². The molecule has 1 aromatic heterocycles. The number of hydrogen-bond acceptors (Lipinski definition) is 5. The molecule has 0 bridgehead atoms. The second-order valence-electron chi connectivity index (χ2n) is 9.15. The van der Waals surface area contributed by atoms with Crippen molar-refractivity contribution in [2.75, 3.05) is 18.1 Å². The number of carbonyl (C=O) groups excluding carboxylic acids is 2. The summed E-state index contributed by atoms with van der Waals surface area (Å²) in [6, 6.07) is 16.5. The molecule has 2 aliphatic rings. The molecule has 2 aromatic carbocycles. The SMILES string of the molecule is Cc1ccc([C@@H](C(=O)NC2CCCC2)N(C(=O)Cc2cccs2)c2ccc3c(c2)OCCO3)cc1. The highest BCUT2D eigenvalue weighted by Crippen LogP contribution is 2.37. The summed E-state index contributed by atoms with van der Waals surface area (Å²) in [6.07, 6.45) is 4.39. The topological polar surface area (TPSA) is 67.9 Å². The van der Waals surface area contributed by atoms with Crippen LogP contribution < -0.4 is 19.7 Å². The van der Waals surface area contributed by atoms with Gasteiger partial charge in [-0.1, -0.05) is 48.7 Å². The third-order valence-electron chi connectivity index (χ3n) is 6.58. The third kappa shape index (κ3) is 5.35. The van der Waals surface area contributed by atoms with Gasteiger partial charge in [0.15, 0.2) is 11.5 Å². The number of nitrogens with zero attached hydrogens (tertiary/aromatic N) is 1. The van der Waals surface area contributed by atoms with Crippen molar-refractivity contribution in [3.05, 3.63) is 76.0 Å². The van der Waals surface area contributed by atoms with Crippen LogP contribution in [0.25, 0.3) is 0 Å². The number of thiophene rings is 1. The van der Waals surface area contributed by atoms with Gasteiger partial charge in [-0.2, -0.15) is 0 Å². The van der Waals surface area contributed by atoms with Crippen LogP contribution in [0.1, 0.15) is 47.7 Å². The lowest BCUT2D eigenvalue weighted by Gasteiger charge is -2.33. The lowest BCUT2D eigenvalue weighted by atomic mass is 10.0. The van der Waals surface area contributed by atoms with Gasteiger partial charge in [-0.25, -0.2) is 0 Å². The standard InChI is InChI=1S/C28H30N2O4S/c1-19-8-10-20(11-9-19)27(28(32)29-21-5-2-3-6-21)30(26(31)18-23-7-4-16-35-23)22-12-13-24-25(17-22)34-15-14-33-24/h4,7-13,16-17,21,27H,2-3,5-6,14-15,18H2,1H3,(H,29,32)/t27-/m0/s1. The molecule has 7 heteroatoms. The zero-order valence-corrected chi connectivity index (χ0v) is 20.7. The molecule has 3 aromatic rings. The summed E-state index contributed by atoms with van der Waals surface area (Å²) >= 11 is 1.54. The van der Waals surface area contributed by atoms with Crippen LogP contribution >= 0.6 is 11.3 Å². The predicted octanol–water partition coefficient (Wildman–Crippen LogP) is 5.20. The molecule has 1 aliphatic carbocycles. The maximum Gasteiger partial charge on any atom is 0.248 e. The first kappa shape index (κ1) is 23.4. The molecule has 182 valence electrons. The molecular formula is C28H30N2O4S. The number of benzene rings is 2. The molecule has 2 heterocycles. The van der Waals surface area contributed by atoms with E-state index in [9.17, 15) is 9.59 Å². The molecule has 35 heavy (non-hydrogen) atoms. The van der Waals surface area contributed by atoms with Crippen LogP contribution in [-0.4, -0.2) is 31.1 Å². The zero-order chi connectivity index (χ0) is 24.2. The summed E-state index contributed by atoms with van der Waals surface area (Å²) in [5, 5.41) is 5.19. The zero-order valence-electron chi connectivity index (χ0n) is 19.9. The Bertz CT molecular complexity index is 1170. The minimum Gasteiger partial charge on any atom is -0.486 e. The van der Waals surface area contributed by atoms with Crippen molar-refractivity contribution in [1.29, 1.82) is 0 Å². The van der Waals surface area contributed by atoms with Crippen LogP contribution in [0, 0.1) is 6.92 Å². The number of fused-ring (bicyclic) bond motifs is 1. The number of hydrogen-bond donors (Lipinski definition) is 1. The fourth-order valence-electron chi connectivity index (χ4n) is 4.78. The number of carbonyl (C=O) groups is 2. The Balaban J connectivity index is 1.57. The van der Waals surface area contributed by atoms with E-state index in [1.54, 1.807) is 4.90 Å². The predicted molar refractivity (Wildman–Crippen MR) is 137 cm³/mol. The van der Waals surface area contributed by atoms with Crippen LogP contribution in [0.2, 0.25) is 0 Å². The van der Waals surface area contributed by atoms with Crippen molar-refractivity contribution in [2.24, 2.45) is 0 Å². The summed E-state index contributed by atoms with van der Waals surface area (Å²) in [6.45, 7) is 2.95. The molecule has 1 fully saturated rings. The van der Waals surface area contributed by atoms with Crippen LogP contribution in [0.3, 0.4) is 0 Å². The first-order chi connectivity index (χ1) is 17.1. The molecule has 0 unspecified atom stereocenters. The molecule has 2 amide bonds. The first-order valence-corrected chi connectivity index (χ1v) is 13.1. The van der Waals surface area contributed by atoms with Crippen LogP contribution in [0.4, 0.5) is 5.69 Å². The monoisotopic (exact) mass is 490 g/mol. The quantitative estimate of drug-likeness (QED) is 0.494. The van der Waals surface area contributed by atoms with Gasteiger partial charge in [0.25, 0.3) is 0 Å². The second kappa shape index (κ2) is 10.5. The molecular weight excluding hydrogens is 460 g/mol. The van der Waals surface area contributed by atoms with E-state index in [1.807, 2.05) is 66.9 Å². The first-order valence-electron chi connectivity index (χ1n) is 12.2. The maximum atomic E-state index is 13.9. The van der Waals surface area contributed by atoms with E-state index in [-0.39, 0.29) is 24.3 Å². The molecule has 6 nitrogen and oxygen atoms in total. The average molecular weight is 491 g/mol. The highest BCUT2D eigenvalue weighted by molar-refractivity contribution is 7.10. The largest absolute Gasteiger partial charge is 0.486 e. The van der Waals surface area contributed by atoms with Gasteiger partial charge >= 0.3 is 0 Å². The van der Waals surface area contributed by atoms with Crippen LogP contribution in [0.5, 0.6) is 11.5 Å². The minimum atomic E-state index is -0.800. The van der Waals surface area contributed by atoms with Gasteiger partial charge in [-0.15, -0.1) is 11.3 Å². The van der Waals surface area contributed by atoms with Crippen molar-refractivity contribution in [1.82, 2.24) is 5.32 Å². The van der Waals surface area contributed by atoms with Crippen molar-refractivity contribution in [2.45, 2.75) is 51.1 Å². The second-order valence-corrected chi connectivity index (χ2v) is 10.2. The molecule has 1 saturated carbocycles. The Morgan fingerprint density at radius 2 is 1.77 bits per heavy atom. The van der Waals surface area contributed by atoms with Crippen molar-refractivity contribution in [3.8, 4) is 11.5 Å². The highest BCUT2D eigenvalue weighted by atomic mass is 32.1. The number of ether oxygens (including phenoxy) is 2. The third-order valence-corrected chi connectivity index (χ3v) is 7.46. The van der Waals surface area contributed by atoms with Gasteiger partial charge in [0.2, 0.25) is 11.8 Å². The number of aryl methyl sites for hydroxylation is 1. The Morgan fingerprint density at radius 3 is 2.49 bits per heavy atom. The molecule has 0 radical (unpaired) electrons. The minimum absolute atomic E-state index is 0.142. The van der Waals surface area contributed by atoms with E-state index in [2.05, 4.69) is 5.32 Å². The van der Waals surface area contributed by atoms with E-state index in [0.717, 1.165) is 41.7 Å². The molecule has 1 aliphatic heterocycles. The molecule has 0 spiro atoms. The smallest absolute Gasteiger partial charge is 0.248 e. The Labute approximate surface area is 209 Å². The molecule has 5 rings (SSSR count). The van der Waals surface area contributed by atoms with Crippen molar-refractivity contribution < 1.29 is 19.1 Å². The molecule has 0 saturated heterocycles. The fourth-order valence-corrected chi connectivity index (χ4v) is 5.48. The van der Waals surface area contributed by atoms with Gasteiger partial charge in [-0.3, -0.25) is 14.5 Å². The van der Waals surface area contributed by atoms with Gasteiger partial charge in [0.1, 0.15) is 19.3 Å². The molecule has 1 atom stereocenters. The summed E-state index contributed by atoms with van der Waals surface area (Å²) in [4.78, 5) is 30.3. The van der Waals surface area contributed by atoms with Crippen LogP contribution in [-0.2, 0) is 16.0 Å². The van der Waals surface area contributed by atoms with E-state index in [4.69, 9.17) is 9.47 Å². The number of rotatable bonds is 7. The summed E-state index contributed by atoms with van der Waals surface area (Å²) < 4.78 is 11.5. The number of nitrogens with one attached hydrogen (secondary N) is 1. The van der Waals surface area contributed by atoms with Gasteiger partial charge in [0.05, 0.1) is 6.42 Å². The lowest BCUT2D eigenvalue weighted by molar-refractivity contribution is -0.127. The number of anilines is 1.